The van der Waals surface area contributed by atoms with Crippen LogP contribution in [0.15, 0.2) is 18.2 Å². The Bertz CT molecular complexity index is 379. The SMILES string of the molecule is CCC(N)CSCc1cc(Cl)ccc1OC(F)F. The van der Waals surface area contributed by atoms with Gasteiger partial charge in [-0.1, -0.05) is 18.5 Å². The molecule has 1 aromatic carbocycles. The zero-order valence-corrected chi connectivity index (χ0v) is 11.6. The molecule has 1 atom stereocenters. The minimum Gasteiger partial charge on any atom is -0.435 e. The molecule has 0 saturated heterocycles. The quantitative estimate of drug-likeness (QED) is 0.828. The highest BCUT2D eigenvalue weighted by molar-refractivity contribution is 7.98. The number of hydrogen-bond acceptors (Lipinski definition) is 3. The number of benzene rings is 1. The summed E-state index contributed by atoms with van der Waals surface area (Å²) in [6, 6.07) is 4.76. The molecule has 18 heavy (non-hydrogen) atoms. The molecule has 0 heterocycles. The third-order valence-corrected chi connectivity index (χ3v) is 3.77. The predicted octanol–water partition coefficient (Wildman–Crippen LogP) is 3.91. The van der Waals surface area contributed by atoms with Crippen molar-refractivity contribution in [3.8, 4) is 5.75 Å². The van der Waals surface area contributed by atoms with Crippen molar-refractivity contribution < 1.29 is 13.5 Å². The van der Waals surface area contributed by atoms with Gasteiger partial charge in [0.25, 0.3) is 0 Å². The van der Waals surface area contributed by atoms with Gasteiger partial charge in [0.15, 0.2) is 0 Å². The van der Waals surface area contributed by atoms with Gasteiger partial charge in [-0.05, 0) is 24.6 Å². The number of alkyl halides is 2. The maximum atomic E-state index is 12.2. The van der Waals surface area contributed by atoms with Crippen LogP contribution in [0.2, 0.25) is 5.02 Å². The maximum absolute atomic E-state index is 12.2. The second-order valence-corrected chi connectivity index (χ2v) is 5.28. The molecule has 0 spiro atoms. The molecule has 1 aromatic rings. The molecule has 0 aromatic heterocycles. The predicted molar refractivity (Wildman–Crippen MR) is 72.5 cm³/mol. The molecule has 102 valence electrons. The van der Waals surface area contributed by atoms with Crippen LogP contribution in [0.4, 0.5) is 8.78 Å². The summed E-state index contributed by atoms with van der Waals surface area (Å²) in [5.41, 5.74) is 6.45. The van der Waals surface area contributed by atoms with Gasteiger partial charge in [0.05, 0.1) is 0 Å². The first kappa shape index (κ1) is 15.5. The molecule has 0 fully saturated rings. The Hall–Kier alpha value is -0.520. The Morgan fingerprint density at radius 2 is 2.17 bits per heavy atom. The van der Waals surface area contributed by atoms with Gasteiger partial charge in [-0.15, -0.1) is 0 Å². The molecule has 0 bridgehead atoms. The molecule has 2 nitrogen and oxygen atoms in total. The van der Waals surface area contributed by atoms with Gasteiger partial charge in [0.1, 0.15) is 5.75 Å². The average molecular weight is 296 g/mol. The molecule has 1 rings (SSSR count). The summed E-state index contributed by atoms with van der Waals surface area (Å²) in [6.45, 7) is -0.816. The highest BCUT2D eigenvalue weighted by atomic mass is 35.5. The normalized spacial score (nSPS) is 12.8. The van der Waals surface area contributed by atoms with Gasteiger partial charge in [-0.25, -0.2) is 0 Å². The first-order chi connectivity index (χ1) is 8.52. The minimum atomic E-state index is -2.83. The van der Waals surface area contributed by atoms with E-state index in [1.807, 2.05) is 6.92 Å². The number of rotatable bonds is 7. The van der Waals surface area contributed by atoms with E-state index in [1.54, 1.807) is 17.8 Å². The Kier molecular flexibility index (Phi) is 6.75. The third-order valence-electron chi connectivity index (χ3n) is 2.35. The molecule has 0 radical (unpaired) electrons. The number of halogens is 3. The highest BCUT2D eigenvalue weighted by Gasteiger charge is 2.11. The van der Waals surface area contributed by atoms with E-state index < -0.39 is 6.61 Å². The fraction of sp³-hybridized carbons (Fsp3) is 0.500. The van der Waals surface area contributed by atoms with Crippen LogP contribution in [0.25, 0.3) is 0 Å². The van der Waals surface area contributed by atoms with E-state index in [2.05, 4.69) is 4.74 Å². The summed E-state index contributed by atoms with van der Waals surface area (Å²) >= 11 is 7.43. The van der Waals surface area contributed by atoms with Crippen molar-refractivity contribution in [1.82, 2.24) is 0 Å². The van der Waals surface area contributed by atoms with Crippen LogP contribution in [-0.2, 0) is 5.75 Å². The van der Waals surface area contributed by atoms with E-state index in [4.69, 9.17) is 17.3 Å². The minimum absolute atomic E-state index is 0.119. The van der Waals surface area contributed by atoms with Crippen molar-refractivity contribution in [2.75, 3.05) is 5.75 Å². The third kappa shape index (κ3) is 5.42. The summed E-state index contributed by atoms with van der Waals surface area (Å²) in [6.07, 6.45) is 0.892. The van der Waals surface area contributed by atoms with Crippen molar-refractivity contribution in [3.63, 3.8) is 0 Å². The lowest BCUT2D eigenvalue weighted by Crippen LogP contribution is -2.21. The van der Waals surface area contributed by atoms with Crippen LogP contribution in [0, 0.1) is 0 Å². The number of nitrogens with two attached hydrogens (primary N) is 1. The smallest absolute Gasteiger partial charge is 0.387 e. The van der Waals surface area contributed by atoms with E-state index in [1.165, 1.54) is 12.1 Å². The van der Waals surface area contributed by atoms with Crippen molar-refractivity contribution in [2.45, 2.75) is 31.8 Å². The lowest BCUT2D eigenvalue weighted by atomic mass is 10.2. The Labute approximate surface area is 115 Å². The maximum Gasteiger partial charge on any atom is 0.387 e. The van der Waals surface area contributed by atoms with E-state index in [0.717, 1.165) is 12.2 Å². The van der Waals surface area contributed by atoms with Crippen LogP contribution < -0.4 is 10.5 Å². The van der Waals surface area contributed by atoms with Crippen LogP contribution in [0.3, 0.4) is 0 Å². The van der Waals surface area contributed by atoms with Gasteiger partial charge in [-0.3, -0.25) is 0 Å². The molecule has 0 aliphatic carbocycles. The van der Waals surface area contributed by atoms with E-state index in [9.17, 15) is 8.78 Å². The molecule has 0 aliphatic heterocycles. The molecular weight excluding hydrogens is 280 g/mol. The van der Waals surface area contributed by atoms with Gasteiger partial charge in [0, 0.05) is 28.1 Å². The first-order valence-corrected chi connectivity index (χ1v) is 7.12. The lowest BCUT2D eigenvalue weighted by Gasteiger charge is -2.12. The van der Waals surface area contributed by atoms with Crippen molar-refractivity contribution in [1.29, 1.82) is 0 Å². The number of ether oxygens (including phenoxy) is 1. The van der Waals surface area contributed by atoms with E-state index in [-0.39, 0.29) is 11.8 Å². The zero-order valence-electron chi connectivity index (χ0n) is 10.0. The van der Waals surface area contributed by atoms with E-state index in [0.29, 0.717) is 16.3 Å². The van der Waals surface area contributed by atoms with Crippen LogP contribution in [-0.4, -0.2) is 18.4 Å². The van der Waals surface area contributed by atoms with Gasteiger partial charge < -0.3 is 10.5 Å². The van der Waals surface area contributed by atoms with Crippen molar-refractivity contribution >= 4 is 23.4 Å². The van der Waals surface area contributed by atoms with Gasteiger partial charge >= 0.3 is 6.61 Å². The molecule has 0 aliphatic rings. The second-order valence-electron chi connectivity index (χ2n) is 3.81. The first-order valence-electron chi connectivity index (χ1n) is 5.59. The summed E-state index contributed by atoms with van der Waals surface area (Å²) in [7, 11) is 0. The lowest BCUT2D eigenvalue weighted by molar-refractivity contribution is -0.0503. The molecule has 6 heteroatoms. The monoisotopic (exact) mass is 295 g/mol. The molecule has 0 saturated carbocycles. The van der Waals surface area contributed by atoms with Crippen molar-refractivity contribution in [3.05, 3.63) is 28.8 Å². The molecule has 2 N–H and O–H groups in total. The summed E-state index contributed by atoms with van der Waals surface area (Å²) in [5, 5.41) is 0.506. The van der Waals surface area contributed by atoms with E-state index >= 15 is 0 Å². The zero-order chi connectivity index (χ0) is 13.5. The van der Waals surface area contributed by atoms with Crippen LogP contribution >= 0.6 is 23.4 Å². The Morgan fingerprint density at radius 1 is 1.44 bits per heavy atom. The average Bonchev–Trinajstić information content (AvgIpc) is 2.31. The summed E-state index contributed by atoms with van der Waals surface area (Å²) < 4.78 is 28.9. The largest absolute Gasteiger partial charge is 0.435 e. The molecule has 0 amide bonds. The number of thioether (sulfide) groups is 1. The standard InChI is InChI=1S/C12H16ClF2NOS/c1-2-10(16)7-18-6-8-5-9(13)3-4-11(8)17-12(14)15/h3-5,10,12H,2,6-7,16H2,1H3. The molecule has 1 unspecified atom stereocenters. The molecular formula is C12H16ClF2NOS. The summed E-state index contributed by atoms with van der Waals surface area (Å²) in [4.78, 5) is 0. The van der Waals surface area contributed by atoms with Crippen LogP contribution in [0.1, 0.15) is 18.9 Å². The van der Waals surface area contributed by atoms with Crippen molar-refractivity contribution in [2.24, 2.45) is 5.73 Å². The fourth-order valence-electron chi connectivity index (χ4n) is 1.31. The highest BCUT2D eigenvalue weighted by Crippen LogP contribution is 2.28. The van der Waals surface area contributed by atoms with Gasteiger partial charge in [0.2, 0.25) is 0 Å². The topological polar surface area (TPSA) is 35.2 Å². The Balaban J connectivity index is 2.64. The number of hydrogen-bond donors (Lipinski definition) is 1. The van der Waals surface area contributed by atoms with Crippen LogP contribution in [0.5, 0.6) is 5.75 Å². The summed E-state index contributed by atoms with van der Waals surface area (Å²) in [5.74, 6) is 1.50. The van der Waals surface area contributed by atoms with Gasteiger partial charge in [-0.2, -0.15) is 20.5 Å². The Morgan fingerprint density at radius 3 is 2.78 bits per heavy atom. The second kappa shape index (κ2) is 7.81. The fourth-order valence-corrected chi connectivity index (χ4v) is 2.61.